The summed E-state index contributed by atoms with van der Waals surface area (Å²) in [6.45, 7) is 0.474. The molecule has 128 valence electrons. The van der Waals surface area contributed by atoms with Crippen molar-refractivity contribution in [2.75, 3.05) is 6.54 Å². The van der Waals surface area contributed by atoms with Gasteiger partial charge in [-0.25, -0.2) is 0 Å². The molecule has 0 atom stereocenters. The highest BCUT2D eigenvalue weighted by atomic mass is 16.1. The Kier molecular flexibility index (Phi) is 5.64. The van der Waals surface area contributed by atoms with Gasteiger partial charge in [0.1, 0.15) is 11.6 Å². The molecule has 1 amide bonds. The van der Waals surface area contributed by atoms with Gasteiger partial charge in [-0.05, 0) is 29.7 Å². The molecule has 0 bridgehead atoms. The van der Waals surface area contributed by atoms with Gasteiger partial charge >= 0.3 is 0 Å². The number of carbonyl (C=O) groups excluding carboxylic acids is 1. The number of allylic oxidation sites excluding steroid dienone is 2. The summed E-state index contributed by atoms with van der Waals surface area (Å²) in [5, 5.41) is 13.2. The van der Waals surface area contributed by atoms with Gasteiger partial charge in [-0.15, -0.1) is 0 Å². The molecule has 2 aromatic carbocycles. The summed E-state index contributed by atoms with van der Waals surface area (Å²) < 4.78 is 0. The molecule has 1 aromatic heterocycles. The third-order valence-corrected chi connectivity index (χ3v) is 4.07. The first-order chi connectivity index (χ1) is 12.8. The number of aromatic amines is 1. The Hall–Kier alpha value is -3.58. The summed E-state index contributed by atoms with van der Waals surface area (Å²) in [6, 6.07) is 19.7. The normalized spacial score (nSPS) is 11.6. The van der Waals surface area contributed by atoms with Gasteiger partial charge < -0.3 is 10.3 Å². The van der Waals surface area contributed by atoms with E-state index < -0.39 is 0 Å². The lowest BCUT2D eigenvalue weighted by atomic mass is 10.1. The molecule has 0 aliphatic heterocycles. The Morgan fingerprint density at radius 2 is 1.88 bits per heavy atom. The molecule has 1 heterocycles. The number of nitrogens with zero attached hydrogens (tertiary/aromatic N) is 1. The molecule has 3 aromatic rings. The Balaban J connectivity index is 1.57. The first-order valence-electron chi connectivity index (χ1n) is 8.44. The van der Waals surface area contributed by atoms with E-state index in [1.54, 1.807) is 6.08 Å². The molecule has 0 radical (unpaired) electrons. The van der Waals surface area contributed by atoms with Gasteiger partial charge in [-0.2, -0.15) is 5.26 Å². The highest BCUT2D eigenvalue weighted by Gasteiger charge is 2.08. The van der Waals surface area contributed by atoms with Crippen molar-refractivity contribution in [2.45, 2.75) is 6.42 Å². The van der Waals surface area contributed by atoms with E-state index in [2.05, 4.69) is 16.4 Å². The van der Waals surface area contributed by atoms with E-state index in [-0.39, 0.29) is 11.5 Å². The van der Waals surface area contributed by atoms with Crippen LogP contribution in [0.1, 0.15) is 11.1 Å². The zero-order valence-electron chi connectivity index (χ0n) is 14.3. The van der Waals surface area contributed by atoms with E-state index in [9.17, 15) is 10.1 Å². The van der Waals surface area contributed by atoms with Crippen LogP contribution in [0.2, 0.25) is 0 Å². The number of H-pyrrole nitrogens is 1. The number of benzene rings is 2. The van der Waals surface area contributed by atoms with E-state index in [1.807, 2.05) is 66.9 Å². The number of nitrogens with one attached hydrogen (secondary N) is 2. The number of rotatable bonds is 6. The van der Waals surface area contributed by atoms with Crippen molar-refractivity contribution in [2.24, 2.45) is 0 Å². The number of fused-ring (bicyclic) bond motifs is 1. The smallest absolute Gasteiger partial charge is 0.261 e. The van der Waals surface area contributed by atoms with Crippen LogP contribution in [0.4, 0.5) is 0 Å². The van der Waals surface area contributed by atoms with Crippen molar-refractivity contribution in [1.82, 2.24) is 10.3 Å². The Bertz CT molecular complexity index is 991. The molecule has 0 fully saturated rings. The van der Waals surface area contributed by atoms with E-state index in [0.29, 0.717) is 13.0 Å². The quantitative estimate of drug-likeness (QED) is 0.404. The van der Waals surface area contributed by atoms with Crippen LogP contribution in [0.25, 0.3) is 17.0 Å². The molecule has 0 spiro atoms. The standard InChI is InChI=1S/C22H19N3O/c23-15-18(10-6-9-17-7-2-1-3-8-17)22(26)24-14-13-19-16-25-21-12-5-4-11-20(19)21/h1-12,16,25H,13-14H2,(H,24,26)/b9-6+,18-10-. The molecule has 3 rings (SSSR count). The molecule has 2 N–H and O–H groups in total. The molecule has 0 aliphatic rings. The summed E-state index contributed by atoms with van der Waals surface area (Å²) in [7, 11) is 0. The number of nitriles is 1. The monoisotopic (exact) mass is 341 g/mol. The van der Waals surface area contributed by atoms with Crippen molar-refractivity contribution in [3.8, 4) is 6.07 Å². The molecule has 4 heteroatoms. The first-order valence-corrected chi connectivity index (χ1v) is 8.44. The maximum atomic E-state index is 12.2. The predicted octanol–water partition coefficient (Wildman–Crippen LogP) is 3.99. The number of aromatic nitrogens is 1. The number of amides is 1. The average Bonchev–Trinajstić information content (AvgIpc) is 3.09. The van der Waals surface area contributed by atoms with Crippen LogP contribution >= 0.6 is 0 Å². The van der Waals surface area contributed by atoms with Gasteiger partial charge in [0, 0.05) is 23.6 Å². The maximum Gasteiger partial charge on any atom is 0.261 e. The zero-order chi connectivity index (χ0) is 18.2. The topological polar surface area (TPSA) is 68.7 Å². The van der Waals surface area contributed by atoms with E-state index >= 15 is 0 Å². The number of para-hydroxylation sites is 1. The van der Waals surface area contributed by atoms with Gasteiger partial charge in [0.15, 0.2) is 0 Å². The first kappa shape index (κ1) is 17.2. The summed E-state index contributed by atoms with van der Waals surface area (Å²) in [5.41, 5.74) is 3.33. The minimum Gasteiger partial charge on any atom is -0.361 e. The lowest BCUT2D eigenvalue weighted by molar-refractivity contribution is -0.117. The van der Waals surface area contributed by atoms with Crippen LogP contribution < -0.4 is 5.32 Å². The summed E-state index contributed by atoms with van der Waals surface area (Å²) in [6.07, 6.45) is 7.77. The second-order valence-corrected chi connectivity index (χ2v) is 5.83. The zero-order valence-corrected chi connectivity index (χ0v) is 14.3. The van der Waals surface area contributed by atoms with E-state index in [0.717, 1.165) is 22.0 Å². The summed E-state index contributed by atoms with van der Waals surface area (Å²) in [4.78, 5) is 15.4. The largest absolute Gasteiger partial charge is 0.361 e. The maximum absolute atomic E-state index is 12.2. The Morgan fingerprint density at radius 1 is 1.12 bits per heavy atom. The molecule has 4 nitrogen and oxygen atoms in total. The molecule has 0 saturated carbocycles. The van der Waals surface area contributed by atoms with Gasteiger partial charge in [0.2, 0.25) is 0 Å². The van der Waals surface area contributed by atoms with Crippen LogP contribution in [-0.4, -0.2) is 17.4 Å². The lowest BCUT2D eigenvalue weighted by Gasteiger charge is -2.03. The second-order valence-electron chi connectivity index (χ2n) is 5.83. The highest BCUT2D eigenvalue weighted by Crippen LogP contribution is 2.17. The number of hydrogen-bond donors (Lipinski definition) is 2. The fourth-order valence-corrected chi connectivity index (χ4v) is 2.73. The van der Waals surface area contributed by atoms with Crippen LogP contribution in [0.5, 0.6) is 0 Å². The lowest BCUT2D eigenvalue weighted by Crippen LogP contribution is -2.26. The van der Waals surface area contributed by atoms with Gasteiger partial charge in [0.05, 0.1) is 0 Å². The minimum absolute atomic E-state index is 0.0936. The predicted molar refractivity (Wildman–Crippen MR) is 104 cm³/mol. The van der Waals surface area contributed by atoms with Gasteiger partial charge in [-0.1, -0.05) is 60.7 Å². The molecular weight excluding hydrogens is 322 g/mol. The van der Waals surface area contributed by atoms with Crippen LogP contribution in [0.3, 0.4) is 0 Å². The van der Waals surface area contributed by atoms with Crippen LogP contribution in [0.15, 0.2) is 78.5 Å². The Labute approximate surface area is 152 Å². The number of hydrogen-bond acceptors (Lipinski definition) is 2. The highest BCUT2D eigenvalue weighted by molar-refractivity contribution is 5.97. The third kappa shape index (κ3) is 4.28. The van der Waals surface area contributed by atoms with Gasteiger partial charge in [-0.3, -0.25) is 4.79 Å². The third-order valence-electron chi connectivity index (χ3n) is 4.07. The Morgan fingerprint density at radius 3 is 2.69 bits per heavy atom. The van der Waals surface area contributed by atoms with Gasteiger partial charge in [0.25, 0.3) is 5.91 Å². The minimum atomic E-state index is -0.356. The van der Waals surface area contributed by atoms with E-state index in [1.165, 1.54) is 6.08 Å². The number of carbonyl (C=O) groups is 1. The molecule has 26 heavy (non-hydrogen) atoms. The fourth-order valence-electron chi connectivity index (χ4n) is 2.73. The van der Waals surface area contributed by atoms with Crippen molar-refractivity contribution in [3.05, 3.63) is 89.6 Å². The molecule has 0 unspecified atom stereocenters. The van der Waals surface area contributed by atoms with E-state index in [4.69, 9.17) is 0 Å². The van der Waals surface area contributed by atoms with Crippen LogP contribution in [-0.2, 0) is 11.2 Å². The summed E-state index contributed by atoms with van der Waals surface area (Å²) >= 11 is 0. The second kappa shape index (κ2) is 8.50. The van der Waals surface area contributed by atoms with Crippen molar-refractivity contribution in [1.29, 1.82) is 5.26 Å². The van der Waals surface area contributed by atoms with Crippen molar-refractivity contribution >= 4 is 22.9 Å². The van der Waals surface area contributed by atoms with Crippen LogP contribution in [0, 0.1) is 11.3 Å². The molecular formula is C22H19N3O. The average molecular weight is 341 g/mol. The van der Waals surface area contributed by atoms with Crippen molar-refractivity contribution < 1.29 is 4.79 Å². The summed E-state index contributed by atoms with van der Waals surface area (Å²) in [5.74, 6) is -0.356. The molecule has 0 saturated heterocycles. The van der Waals surface area contributed by atoms with Crippen molar-refractivity contribution in [3.63, 3.8) is 0 Å². The SMILES string of the molecule is N#C/C(=C/C=C/c1ccccc1)C(=O)NCCc1c[nH]c2ccccc12. The molecule has 0 aliphatic carbocycles. The fraction of sp³-hybridized carbons (Fsp3) is 0.0909.